The number of carbonyl (C=O) groups is 2. The van der Waals surface area contributed by atoms with Gasteiger partial charge in [-0.25, -0.2) is 4.57 Å². The SMILES string of the molecule is CC/C=C\C/C=C\C/C=C\C/C=C\C/C=C\C/C=C\C/C=C\CCCCOCC(COP(=O)(O)OCC(N)C(=O)O)OC(=O)CCCCCCC/C=C\CCCC. The standard InChI is InChI=1S/C46H76NO9P/c1-3-5-7-9-11-13-15-16-17-18-19-20-21-22-23-24-25-26-27-29-31-33-35-37-39-53-40-43(41-54-57(51,52)55-42-44(47)46(49)50)56-45(48)38-36-34-32-30-28-14-12-10-8-6-4-2/h5,7,10-13,16-17,19-20,22-23,25-26,29,31,43-44H,3-4,6,8-9,14-15,18,21,24,27-28,30,32-42,47H2,1-2H3,(H,49,50)(H,51,52)/b7-5-,12-10-,13-11-,17-16-,20-19-,23-22-,26-25-,31-29-. The van der Waals surface area contributed by atoms with Gasteiger partial charge < -0.3 is 25.2 Å². The molecule has 0 radical (unpaired) electrons. The molecular weight excluding hydrogens is 741 g/mol. The highest BCUT2D eigenvalue weighted by Crippen LogP contribution is 2.43. The lowest BCUT2D eigenvalue weighted by Crippen LogP contribution is -2.34. The van der Waals surface area contributed by atoms with Crippen LogP contribution in [0.1, 0.15) is 142 Å². The van der Waals surface area contributed by atoms with Crippen LogP contribution in [0.15, 0.2) is 97.2 Å². The number of nitrogens with two attached hydrogens (primary N) is 1. The molecule has 0 saturated heterocycles. The van der Waals surface area contributed by atoms with E-state index < -0.39 is 45.1 Å². The van der Waals surface area contributed by atoms with Crippen molar-refractivity contribution in [2.75, 3.05) is 26.4 Å². The Balaban J connectivity index is 4.32. The first-order valence-corrected chi connectivity index (χ1v) is 22.8. The molecule has 0 aliphatic rings. The molecule has 0 heterocycles. The van der Waals surface area contributed by atoms with Gasteiger partial charge in [-0.15, -0.1) is 0 Å². The number of carbonyl (C=O) groups excluding carboxylic acids is 1. The van der Waals surface area contributed by atoms with Crippen LogP contribution in [0.4, 0.5) is 0 Å². The predicted molar refractivity (Wildman–Crippen MR) is 235 cm³/mol. The van der Waals surface area contributed by atoms with Crippen LogP contribution < -0.4 is 5.73 Å². The van der Waals surface area contributed by atoms with Crippen molar-refractivity contribution < 1.29 is 42.7 Å². The molecule has 0 aromatic heterocycles. The minimum Gasteiger partial charge on any atom is -0.480 e. The summed E-state index contributed by atoms with van der Waals surface area (Å²) in [7, 11) is -4.63. The molecular formula is C46H76NO9P. The van der Waals surface area contributed by atoms with Crippen LogP contribution in [0.3, 0.4) is 0 Å². The Morgan fingerprint density at radius 3 is 1.54 bits per heavy atom. The number of phosphoric ester groups is 1. The maximum atomic E-state index is 12.6. The van der Waals surface area contributed by atoms with Crippen molar-refractivity contribution in [3.8, 4) is 0 Å². The van der Waals surface area contributed by atoms with E-state index in [1.807, 2.05) is 0 Å². The Morgan fingerprint density at radius 2 is 1.02 bits per heavy atom. The third-order valence-corrected chi connectivity index (χ3v) is 9.30. The first-order valence-electron chi connectivity index (χ1n) is 21.3. The van der Waals surface area contributed by atoms with Crippen molar-refractivity contribution in [1.82, 2.24) is 0 Å². The van der Waals surface area contributed by atoms with Gasteiger partial charge in [0.1, 0.15) is 12.1 Å². The number of aliphatic carboxylic acids is 1. The third-order valence-electron chi connectivity index (χ3n) is 8.35. The van der Waals surface area contributed by atoms with Gasteiger partial charge in [-0.2, -0.15) is 0 Å². The van der Waals surface area contributed by atoms with Crippen LogP contribution >= 0.6 is 7.82 Å². The number of hydrogen-bond acceptors (Lipinski definition) is 8. The molecule has 0 rings (SSSR count). The summed E-state index contributed by atoms with van der Waals surface area (Å²) in [6.45, 7) is 3.57. The summed E-state index contributed by atoms with van der Waals surface area (Å²) in [5.74, 6) is -1.82. The molecule has 0 aromatic rings. The van der Waals surface area contributed by atoms with E-state index in [4.69, 9.17) is 29.4 Å². The van der Waals surface area contributed by atoms with Crippen LogP contribution in [0.25, 0.3) is 0 Å². The number of esters is 1. The Hall–Kier alpha value is -3.11. The monoisotopic (exact) mass is 818 g/mol. The van der Waals surface area contributed by atoms with E-state index in [2.05, 4.69) is 111 Å². The smallest absolute Gasteiger partial charge is 0.472 e. The van der Waals surface area contributed by atoms with E-state index in [-0.39, 0.29) is 13.0 Å². The average molecular weight is 818 g/mol. The molecule has 0 aromatic carbocycles. The predicted octanol–water partition coefficient (Wildman–Crippen LogP) is 11.8. The van der Waals surface area contributed by atoms with Gasteiger partial charge in [0.15, 0.2) is 0 Å². The van der Waals surface area contributed by atoms with E-state index in [0.717, 1.165) is 103 Å². The molecule has 0 saturated carbocycles. The van der Waals surface area contributed by atoms with Crippen LogP contribution in [-0.2, 0) is 32.7 Å². The number of rotatable bonds is 39. The Bertz CT molecular complexity index is 1270. The largest absolute Gasteiger partial charge is 0.480 e. The molecule has 0 aliphatic heterocycles. The second-order valence-electron chi connectivity index (χ2n) is 13.7. The number of allylic oxidation sites excluding steroid dienone is 16. The molecule has 0 fully saturated rings. The van der Waals surface area contributed by atoms with Gasteiger partial charge in [0.05, 0.1) is 19.8 Å². The quantitative estimate of drug-likeness (QED) is 0.0236. The fourth-order valence-electron chi connectivity index (χ4n) is 5.03. The highest BCUT2D eigenvalue weighted by Gasteiger charge is 2.27. The topological polar surface area (TPSA) is 155 Å². The molecule has 0 bridgehead atoms. The molecule has 0 amide bonds. The molecule has 3 unspecified atom stereocenters. The van der Waals surface area contributed by atoms with Crippen molar-refractivity contribution in [2.24, 2.45) is 5.73 Å². The zero-order valence-electron chi connectivity index (χ0n) is 35.1. The summed E-state index contributed by atoms with van der Waals surface area (Å²) >= 11 is 0. The first-order chi connectivity index (χ1) is 27.7. The van der Waals surface area contributed by atoms with Gasteiger partial charge in [0.25, 0.3) is 0 Å². The summed E-state index contributed by atoms with van der Waals surface area (Å²) in [6, 6.07) is -1.49. The normalized spacial score (nSPS) is 14.9. The van der Waals surface area contributed by atoms with Crippen molar-refractivity contribution in [3.05, 3.63) is 97.2 Å². The van der Waals surface area contributed by atoms with Crippen molar-refractivity contribution in [3.63, 3.8) is 0 Å². The van der Waals surface area contributed by atoms with E-state index >= 15 is 0 Å². The number of ether oxygens (including phenoxy) is 2. The lowest BCUT2D eigenvalue weighted by Gasteiger charge is -2.20. The number of phosphoric acid groups is 1. The van der Waals surface area contributed by atoms with Gasteiger partial charge >= 0.3 is 19.8 Å². The van der Waals surface area contributed by atoms with Gasteiger partial charge in [-0.3, -0.25) is 18.6 Å². The number of carboxylic acids is 1. The fraction of sp³-hybridized carbons (Fsp3) is 0.609. The summed E-state index contributed by atoms with van der Waals surface area (Å²) in [6.07, 6.45) is 53.3. The van der Waals surface area contributed by atoms with E-state index in [1.165, 1.54) is 12.8 Å². The second-order valence-corrected chi connectivity index (χ2v) is 15.2. The average Bonchev–Trinajstić information content (AvgIpc) is 3.19. The van der Waals surface area contributed by atoms with Crippen molar-refractivity contribution >= 4 is 19.8 Å². The molecule has 4 N–H and O–H groups in total. The maximum Gasteiger partial charge on any atom is 0.472 e. The Morgan fingerprint density at radius 1 is 0.579 bits per heavy atom. The van der Waals surface area contributed by atoms with E-state index in [9.17, 15) is 19.0 Å². The first kappa shape index (κ1) is 53.9. The van der Waals surface area contributed by atoms with Gasteiger partial charge in [-0.05, 0) is 89.9 Å². The lowest BCUT2D eigenvalue weighted by atomic mass is 10.1. The van der Waals surface area contributed by atoms with Gasteiger partial charge in [0.2, 0.25) is 0 Å². The lowest BCUT2D eigenvalue weighted by molar-refractivity contribution is -0.154. The molecule has 0 spiro atoms. The number of carboxylic acid groups (broad SMARTS) is 1. The summed E-state index contributed by atoms with van der Waals surface area (Å²) in [5.41, 5.74) is 5.34. The van der Waals surface area contributed by atoms with Crippen LogP contribution in [-0.4, -0.2) is 60.5 Å². The van der Waals surface area contributed by atoms with Gasteiger partial charge in [-0.1, -0.05) is 143 Å². The van der Waals surface area contributed by atoms with Gasteiger partial charge in [0, 0.05) is 13.0 Å². The minimum absolute atomic E-state index is 0.0231. The molecule has 10 nitrogen and oxygen atoms in total. The molecule has 57 heavy (non-hydrogen) atoms. The number of unbranched alkanes of at least 4 members (excludes halogenated alkanes) is 9. The zero-order chi connectivity index (χ0) is 41.9. The second kappa shape index (κ2) is 41.1. The zero-order valence-corrected chi connectivity index (χ0v) is 36.0. The minimum atomic E-state index is -4.63. The van der Waals surface area contributed by atoms with E-state index in [1.54, 1.807) is 0 Å². The maximum absolute atomic E-state index is 12.6. The summed E-state index contributed by atoms with van der Waals surface area (Å²) < 4.78 is 33.2. The molecule has 324 valence electrons. The van der Waals surface area contributed by atoms with Crippen molar-refractivity contribution in [2.45, 2.75) is 154 Å². The highest BCUT2D eigenvalue weighted by atomic mass is 31.2. The van der Waals surface area contributed by atoms with Crippen molar-refractivity contribution in [1.29, 1.82) is 0 Å². The number of hydrogen-bond donors (Lipinski definition) is 3. The Labute approximate surface area is 345 Å². The third kappa shape index (κ3) is 40.9. The molecule has 11 heteroatoms. The fourth-order valence-corrected chi connectivity index (χ4v) is 5.81. The summed E-state index contributed by atoms with van der Waals surface area (Å²) in [4.78, 5) is 33.4. The van der Waals surface area contributed by atoms with Crippen LogP contribution in [0.5, 0.6) is 0 Å². The molecule has 3 atom stereocenters. The van der Waals surface area contributed by atoms with Crippen LogP contribution in [0.2, 0.25) is 0 Å². The van der Waals surface area contributed by atoms with Crippen LogP contribution in [0, 0.1) is 0 Å². The molecule has 0 aliphatic carbocycles. The van der Waals surface area contributed by atoms with E-state index in [0.29, 0.717) is 13.0 Å². The highest BCUT2D eigenvalue weighted by molar-refractivity contribution is 7.47. The summed E-state index contributed by atoms with van der Waals surface area (Å²) in [5, 5.41) is 8.88. The Kier molecular flexibility index (Phi) is 38.8.